The third-order valence-electron chi connectivity index (χ3n) is 2.23. The zero-order chi connectivity index (χ0) is 13.5. The summed E-state index contributed by atoms with van der Waals surface area (Å²) in [6.45, 7) is 1.53. The molecule has 100 valence electrons. The highest BCUT2D eigenvalue weighted by Gasteiger charge is 2.26. The van der Waals surface area contributed by atoms with Gasteiger partial charge in [0.25, 0.3) is 5.91 Å². The van der Waals surface area contributed by atoms with Gasteiger partial charge >= 0.3 is 5.97 Å². The van der Waals surface area contributed by atoms with E-state index in [2.05, 4.69) is 10.1 Å². The van der Waals surface area contributed by atoms with Crippen LogP contribution in [0, 0.1) is 0 Å². The molecule has 0 aliphatic carbocycles. The van der Waals surface area contributed by atoms with Crippen molar-refractivity contribution in [3.8, 4) is 0 Å². The number of methoxy groups -OCH3 is 1. The predicted molar refractivity (Wildman–Crippen MR) is 65.7 cm³/mol. The molecule has 0 spiro atoms. The fraction of sp³-hybridized carbons (Fsp3) is 0.545. The molecule has 7 heteroatoms. The highest BCUT2D eigenvalue weighted by Crippen LogP contribution is 2.31. The van der Waals surface area contributed by atoms with Crippen molar-refractivity contribution in [3.63, 3.8) is 0 Å². The highest BCUT2D eigenvalue weighted by molar-refractivity contribution is 8.15. The summed E-state index contributed by atoms with van der Waals surface area (Å²) >= 11 is 1.18. The van der Waals surface area contributed by atoms with Crippen molar-refractivity contribution < 1.29 is 23.9 Å². The summed E-state index contributed by atoms with van der Waals surface area (Å²) in [6, 6.07) is 0. The van der Waals surface area contributed by atoms with Gasteiger partial charge < -0.3 is 14.8 Å². The molecule has 1 atom stereocenters. The number of carbonyl (C=O) groups excluding carboxylic acids is 3. The molecule has 1 aliphatic heterocycles. The number of thioether (sulfide) groups is 1. The molecule has 0 aromatic rings. The van der Waals surface area contributed by atoms with Crippen LogP contribution in [0.5, 0.6) is 0 Å². The molecule has 1 amide bonds. The lowest BCUT2D eigenvalue weighted by atomic mass is 10.3. The summed E-state index contributed by atoms with van der Waals surface area (Å²) < 4.78 is 9.63. The Balaban J connectivity index is 2.32. The number of ether oxygens (including phenoxy) is 2. The second-order valence-electron chi connectivity index (χ2n) is 3.52. The Morgan fingerprint density at radius 1 is 1.50 bits per heavy atom. The monoisotopic (exact) mass is 273 g/mol. The van der Waals surface area contributed by atoms with E-state index < -0.39 is 11.9 Å². The fourth-order valence-electron chi connectivity index (χ4n) is 1.30. The van der Waals surface area contributed by atoms with Gasteiger partial charge in [0, 0.05) is 6.08 Å². The first-order valence-corrected chi connectivity index (χ1v) is 6.33. The van der Waals surface area contributed by atoms with Gasteiger partial charge in [-0.3, -0.25) is 14.4 Å². The van der Waals surface area contributed by atoms with Crippen molar-refractivity contribution in [3.05, 3.63) is 11.8 Å². The number of esters is 1. The quantitative estimate of drug-likeness (QED) is 0.698. The number of amides is 1. The molecule has 0 bridgehead atoms. The average Bonchev–Trinajstić information content (AvgIpc) is 2.73. The maximum absolute atomic E-state index is 11.3. The first-order valence-electron chi connectivity index (χ1n) is 5.45. The zero-order valence-corrected chi connectivity index (χ0v) is 11.0. The SMILES string of the molecule is CCC1SC(=O)C=C1OCC(=O)NCC(=O)OC. The summed E-state index contributed by atoms with van der Waals surface area (Å²) in [4.78, 5) is 33.3. The molecule has 0 saturated heterocycles. The van der Waals surface area contributed by atoms with Crippen LogP contribution in [-0.2, 0) is 23.9 Å². The van der Waals surface area contributed by atoms with Crippen LogP contribution >= 0.6 is 11.8 Å². The molecule has 1 aliphatic rings. The van der Waals surface area contributed by atoms with Crippen molar-refractivity contribution in [1.29, 1.82) is 0 Å². The zero-order valence-electron chi connectivity index (χ0n) is 10.2. The van der Waals surface area contributed by atoms with Crippen LogP contribution in [0.1, 0.15) is 13.3 Å². The third kappa shape index (κ3) is 4.40. The van der Waals surface area contributed by atoms with E-state index in [-0.39, 0.29) is 23.5 Å². The van der Waals surface area contributed by atoms with Crippen LogP contribution in [0.15, 0.2) is 11.8 Å². The summed E-state index contributed by atoms with van der Waals surface area (Å²) in [6.07, 6.45) is 2.15. The number of hydrogen-bond acceptors (Lipinski definition) is 6. The van der Waals surface area contributed by atoms with Crippen LogP contribution in [0.3, 0.4) is 0 Å². The van der Waals surface area contributed by atoms with Crippen LogP contribution in [0.2, 0.25) is 0 Å². The Labute approximate surface area is 109 Å². The molecule has 6 nitrogen and oxygen atoms in total. The average molecular weight is 273 g/mol. The van der Waals surface area contributed by atoms with Crippen LogP contribution in [0.25, 0.3) is 0 Å². The summed E-state index contributed by atoms with van der Waals surface area (Å²) in [5.74, 6) is -0.443. The van der Waals surface area contributed by atoms with Crippen molar-refractivity contribution in [2.24, 2.45) is 0 Å². The summed E-state index contributed by atoms with van der Waals surface area (Å²) in [7, 11) is 1.24. The second-order valence-corrected chi connectivity index (χ2v) is 4.73. The Hall–Kier alpha value is -1.50. The Morgan fingerprint density at radius 3 is 2.83 bits per heavy atom. The largest absolute Gasteiger partial charge is 0.487 e. The molecule has 1 heterocycles. The van der Waals surface area contributed by atoms with E-state index in [0.717, 1.165) is 6.42 Å². The van der Waals surface area contributed by atoms with E-state index in [1.54, 1.807) is 0 Å². The summed E-state index contributed by atoms with van der Waals surface area (Å²) in [5, 5.41) is 2.26. The predicted octanol–water partition coefficient (Wildman–Crippen LogP) is 0.228. The first kappa shape index (κ1) is 14.6. The van der Waals surface area contributed by atoms with E-state index >= 15 is 0 Å². The molecule has 0 aromatic carbocycles. The molecule has 0 aromatic heterocycles. The third-order valence-corrected chi connectivity index (χ3v) is 3.43. The maximum Gasteiger partial charge on any atom is 0.325 e. The molecule has 1 N–H and O–H groups in total. The molecule has 1 unspecified atom stereocenters. The molecule has 1 rings (SSSR count). The Kier molecular flexibility index (Phi) is 5.70. The first-order chi connectivity index (χ1) is 8.56. The minimum Gasteiger partial charge on any atom is -0.487 e. The Morgan fingerprint density at radius 2 is 2.22 bits per heavy atom. The van der Waals surface area contributed by atoms with Gasteiger partial charge in [0.2, 0.25) is 5.12 Å². The molecule has 18 heavy (non-hydrogen) atoms. The van der Waals surface area contributed by atoms with Crippen molar-refractivity contribution in [1.82, 2.24) is 5.32 Å². The topological polar surface area (TPSA) is 81.7 Å². The second kappa shape index (κ2) is 7.05. The van der Waals surface area contributed by atoms with E-state index in [1.807, 2.05) is 6.92 Å². The van der Waals surface area contributed by atoms with Crippen LogP contribution in [-0.4, -0.2) is 42.5 Å². The van der Waals surface area contributed by atoms with Gasteiger partial charge in [0.05, 0.1) is 12.4 Å². The molecular weight excluding hydrogens is 258 g/mol. The van der Waals surface area contributed by atoms with Crippen molar-refractivity contribution in [2.45, 2.75) is 18.6 Å². The summed E-state index contributed by atoms with van der Waals surface area (Å²) in [5.41, 5.74) is 0. The van der Waals surface area contributed by atoms with E-state index in [9.17, 15) is 14.4 Å². The van der Waals surface area contributed by atoms with Crippen LogP contribution < -0.4 is 5.32 Å². The normalized spacial score (nSPS) is 18.2. The fourth-order valence-corrected chi connectivity index (χ4v) is 2.19. The molecule has 0 fully saturated rings. The van der Waals surface area contributed by atoms with Gasteiger partial charge in [0.1, 0.15) is 12.3 Å². The van der Waals surface area contributed by atoms with E-state index in [4.69, 9.17) is 4.74 Å². The smallest absolute Gasteiger partial charge is 0.325 e. The van der Waals surface area contributed by atoms with Crippen molar-refractivity contribution in [2.75, 3.05) is 20.3 Å². The molecular formula is C11H15NO5S. The molecule has 0 saturated carbocycles. The van der Waals surface area contributed by atoms with E-state index in [1.165, 1.54) is 24.9 Å². The van der Waals surface area contributed by atoms with Gasteiger partial charge in [-0.15, -0.1) is 0 Å². The Bertz CT molecular complexity index is 380. The lowest BCUT2D eigenvalue weighted by molar-refractivity contribution is -0.141. The van der Waals surface area contributed by atoms with Gasteiger partial charge in [-0.1, -0.05) is 18.7 Å². The lowest BCUT2D eigenvalue weighted by Gasteiger charge is -2.12. The maximum atomic E-state index is 11.3. The molecule has 0 radical (unpaired) electrons. The minimum atomic E-state index is -0.527. The number of carbonyl (C=O) groups is 3. The number of nitrogens with one attached hydrogen (secondary N) is 1. The lowest BCUT2D eigenvalue weighted by Crippen LogP contribution is -2.33. The van der Waals surface area contributed by atoms with Gasteiger partial charge in [-0.2, -0.15) is 0 Å². The van der Waals surface area contributed by atoms with Gasteiger partial charge in [-0.25, -0.2) is 0 Å². The van der Waals surface area contributed by atoms with Crippen LogP contribution in [0.4, 0.5) is 0 Å². The number of hydrogen-bond donors (Lipinski definition) is 1. The highest BCUT2D eigenvalue weighted by atomic mass is 32.2. The minimum absolute atomic E-state index is 0.0223. The van der Waals surface area contributed by atoms with Crippen molar-refractivity contribution >= 4 is 28.8 Å². The van der Waals surface area contributed by atoms with E-state index in [0.29, 0.717) is 5.76 Å². The van der Waals surface area contributed by atoms with Gasteiger partial charge in [0.15, 0.2) is 6.61 Å². The van der Waals surface area contributed by atoms with Gasteiger partial charge in [-0.05, 0) is 6.42 Å². The number of rotatable bonds is 6. The standard InChI is InChI=1S/C11H15NO5S/c1-3-8-7(4-11(15)18-8)17-6-9(13)12-5-10(14)16-2/h4,8H,3,5-6H2,1-2H3,(H,12,13).